The summed E-state index contributed by atoms with van der Waals surface area (Å²) in [5, 5.41) is 5.98. The van der Waals surface area contributed by atoms with E-state index in [1.807, 2.05) is 59.3 Å². The van der Waals surface area contributed by atoms with Gasteiger partial charge in [0.15, 0.2) is 0 Å². The van der Waals surface area contributed by atoms with Crippen molar-refractivity contribution < 1.29 is 9.59 Å². The van der Waals surface area contributed by atoms with E-state index >= 15 is 0 Å². The monoisotopic (exact) mass is 479 g/mol. The van der Waals surface area contributed by atoms with E-state index in [0.717, 1.165) is 29.9 Å². The van der Waals surface area contributed by atoms with Crippen molar-refractivity contribution in [2.24, 2.45) is 0 Å². The Kier molecular flexibility index (Phi) is 8.26. The fourth-order valence-electron chi connectivity index (χ4n) is 3.47. The van der Waals surface area contributed by atoms with Crippen molar-refractivity contribution in [1.29, 1.82) is 0 Å². The molecule has 2 aromatic carbocycles. The number of anilines is 3. The number of nitrogens with one attached hydrogen (secondary N) is 2. The summed E-state index contributed by atoms with van der Waals surface area (Å²) in [6.45, 7) is 5.60. The summed E-state index contributed by atoms with van der Waals surface area (Å²) in [5.74, 6) is -0.638. The average molecular weight is 480 g/mol. The first-order chi connectivity index (χ1) is 16.1. The molecule has 3 rings (SSSR count). The number of hydrogen-bond donors (Lipinski definition) is 2. The maximum atomic E-state index is 13.0. The minimum atomic E-state index is -0.387. The van der Waals surface area contributed by atoms with E-state index in [1.54, 1.807) is 30.6 Å². The highest BCUT2D eigenvalue weighted by Gasteiger charge is 2.15. The van der Waals surface area contributed by atoms with E-state index in [4.69, 9.17) is 11.6 Å². The predicted octanol–water partition coefficient (Wildman–Crippen LogP) is 4.85. The van der Waals surface area contributed by atoms with Crippen LogP contribution in [0.15, 0.2) is 54.9 Å². The summed E-state index contributed by atoms with van der Waals surface area (Å²) < 4.78 is 0. The molecule has 0 bridgehead atoms. The molecule has 7 nitrogen and oxygen atoms in total. The Hall–Kier alpha value is -3.42. The first-order valence-corrected chi connectivity index (χ1v) is 11.3. The third kappa shape index (κ3) is 6.79. The molecule has 1 heterocycles. The summed E-state index contributed by atoms with van der Waals surface area (Å²) in [6, 6.07) is 12.3. The predicted molar refractivity (Wildman–Crippen MR) is 139 cm³/mol. The van der Waals surface area contributed by atoms with Gasteiger partial charge in [-0.2, -0.15) is 0 Å². The molecule has 0 aliphatic carbocycles. The molecule has 0 aliphatic heterocycles. The molecule has 0 unspecified atom stereocenters. The van der Waals surface area contributed by atoms with Gasteiger partial charge in [0, 0.05) is 31.4 Å². The van der Waals surface area contributed by atoms with Gasteiger partial charge in [-0.05, 0) is 64.3 Å². The van der Waals surface area contributed by atoms with Gasteiger partial charge in [0.25, 0.3) is 11.8 Å². The molecule has 3 aromatic rings. The van der Waals surface area contributed by atoms with E-state index < -0.39 is 0 Å². The van der Waals surface area contributed by atoms with Crippen LogP contribution in [0.4, 0.5) is 17.1 Å². The Morgan fingerprint density at radius 2 is 1.53 bits per heavy atom. The van der Waals surface area contributed by atoms with Gasteiger partial charge < -0.3 is 20.4 Å². The maximum Gasteiger partial charge on any atom is 0.257 e. The lowest BCUT2D eigenvalue weighted by Crippen LogP contribution is -2.28. The lowest BCUT2D eigenvalue weighted by Gasteiger charge is -2.21. The second kappa shape index (κ2) is 11.1. The highest BCUT2D eigenvalue weighted by molar-refractivity contribution is 6.34. The number of benzene rings is 2. The number of pyridine rings is 1. The molecule has 2 amide bonds. The van der Waals surface area contributed by atoms with Crippen molar-refractivity contribution in [1.82, 2.24) is 9.88 Å². The Bertz CT molecular complexity index is 1180. The lowest BCUT2D eigenvalue weighted by molar-refractivity contribution is 0.101. The number of amides is 2. The second-order valence-electron chi connectivity index (χ2n) is 8.64. The van der Waals surface area contributed by atoms with E-state index in [-0.39, 0.29) is 22.4 Å². The smallest absolute Gasteiger partial charge is 0.257 e. The molecule has 34 heavy (non-hydrogen) atoms. The minimum Gasteiger partial charge on any atom is -0.372 e. The van der Waals surface area contributed by atoms with Crippen LogP contribution in [0.2, 0.25) is 5.02 Å². The van der Waals surface area contributed by atoms with Gasteiger partial charge in [0.05, 0.1) is 34.4 Å². The summed E-state index contributed by atoms with van der Waals surface area (Å²) in [7, 11) is 6.01. The highest BCUT2D eigenvalue weighted by atomic mass is 35.5. The van der Waals surface area contributed by atoms with E-state index in [0.29, 0.717) is 16.9 Å². The van der Waals surface area contributed by atoms with Gasteiger partial charge in [-0.1, -0.05) is 28.8 Å². The van der Waals surface area contributed by atoms with Gasteiger partial charge in [0.2, 0.25) is 0 Å². The Labute approximate surface area is 205 Å². The van der Waals surface area contributed by atoms with Gasteiger partial charge in [-0.15, -0.1) is 0 Å². The lowest BCUT2D eigenvalue weighted by atomic mass is 10.1. The summed E-state index contributed by atoms with van der Waals surface area (Å²) in [6.07, 6.45) is 3.34. The van der Waals surface area contributed by atoms with Crippen molar-refractivity contribution in [2.75, 3.05) is 49.8 Å². The number of hydrogen-bond acceptors (Lipinski definition) is 5. The largest absolute Gasteiger partial charge is 0.372 e. The minimum absolute atomic E-state index is 0.252. The average Bonchev–Trinajstić information content (AvgIpc) is 2.78. The van der Waals surface area contributed by atoms with Crippen molar-refractivity contribution in [3.63, 3.8) is 0 Å². The van der Waals surface area contributed by atoms with Crippen molar-refractivity contribution in [3.8, 4) is 0 Å². The molecule has 0 atom stereocenters. The van der Waals surface area contributed by atoms with Crippen LogP contribution in [0.1, 0.15) is 31.8 Å². The first-order valence-electron chi connectivity index (χ1n) is 10.9. The third-order valence-electron chi connectivity index (χ3n) is 5.26. The van der Waals surface area contributed by atoms with Gasteiger partial charge >= 0.3 is 0 Å². The fourth-order valence-corrected chi connectivity index (χ4v) is 3.67. The molecule has 0 spiro atoms. The van der Waals surface area contributed by atoms with Gasteiger partial charge in [-0.25, -0.2) is 0 Å². The van der Waals surface area contributed by atoms with E-state index in [2.05, 4.69) is 25.4 Å². The van der Waals surface area contributed by atoms with Crippen LogP contribution < -0.4 is 15.5 Å². The number of halogens is 1. The molecule has 1 aromatic heterocycles. The normalized spacial score (nSPS) is 10.8. The maximum absolute atomic E-state index is 13.0. The zero-order valence-corrected chi connectivity index (χ0v) is 20.9. The Morgan fingerprint density at radius 3 is 2.21 bits per heavy atom. The molecule has 0 saturated heterocycles. The zero-order valence-electron chi connectivity index (χ0n) is 20.1. The van der Waals surface area contributed by atoms with Gasteiger partial charge in [-0.3, -0.25) is 14.6 Å². The van der Waals surface area contributed by atoms with Crippen LogP contribution in [0.3, 0.4) is 0 Å². The second-order valence-corrected chi connectivity index (χ2v) is 9.04. The number of nitrogens with zero attached hydrogens (tertiary/aromatic N) is 3. The van der Waals surface area contributed by atoms with Crippen LogP contribution in [-0.4, -0.2) is 55.9 Å². The molecule has 2 N–H and O–H groups in total. The van der Waals surface area contributed by atoms with Crippen molar-refractivity contribution in [2.45, 2.75) is 13.8 Å². The number of likely N-dealkylation sites (N-methyl/N-ethyl adjacent to an activating group) is 2. The Morgan fingerprint density at radius 1 is 0.853 bits per heavy atom. The molecular weight excluding hydrogens is 450 g/mol. The van der Waals surface area contributed by atoms with Crippen molar-refractivity contribution >= 4 is 40.5 Å². The number of carbonyl (C=O) groups is 2. The number of rotatable bonds is 8. The molecule has 0 radical (unpaired) electrons. The summed E-state index contributed by atoms with van der Waals surface area (Å²) in [5.41, 5.74) is 4.74. The zero-order chi connectivity index (χ0) is 24.8. The highest BCUT2D eigenvalue weighted by Crippen LogP contribution is 2.24. The Balaban J connectivity index is 1.74. The van der Waals surface area contributed by atoms with Crippen LogP contribution in [-0.2, 0) is 0 Å². The van der Waals surface area contributed by atoms with E-state index in [1.165, 1.54) is 0 Å². The van der Waals surface area contributed by atoms with Gasteiger partial charge in [0.1, 0.15) is 0 Å². The topological polar surface area (TPSA) is 77.6 Å². The van der Waals surface area contributed by atoms with Crippen molar-refractivity contribution in [3.05, 3.63) is 82.1 Å². The molecule has 0 fully saturated rings. The quantitative estimate of drug-likeness (QED) is 0.482. The number of carbonyl (C=O) groups excluding carboxylic acids is 2. The number of aromatic nitrogens is 1. The third-order valence-corrected chi connectivity index (χ3v) is 5.59. The summed E-state index contributed by atoms with van der Waals surface area (Å²) in [4.78, 5) is 34.1. The molecule has 0 aliphatic rings. The SMILES string of the molecule is Cc1cc(C)cc(C(=O)Nc2ccc(Cl)c(C(=O)Nc3cncc(N(C)CCN(C)C)c3)c2)c1. The molecule has 8 heteroatoms. The van der Waals surface area contributed by atoms with Crippen LogP contribution in [0.5, 0.6) is 0 Å². The molecular formula is C26H30ClN5O2. The number of aryl methyl sites for hydroxylation is 2. The van der Waals surface area contributed by atoms with Crippen LogP contribution in [0.25, 0.3) is 0 Å². The summed E-state index contributed by atoms with van der Waals surface area (Å²) >= 11 is 6.30. The fraction of sp³-hybridized carbons (Fsp3) is 0.269. The standard InChI is InChI=1S/C26H30ClN5O2/c1-17-10-18(2)12-19(11-17)25(33)29-20-6-7-24(27)23(14-20)26(34)30-21-13-22(16-28-15-21)32(5)9-8-31(3)4/h6-7,10-16H,8-9H2,1-5H3,(H,29,33)(H,30,34). The van der Waals surface area contributed by atoms with Crippen LogP contribution in [0, 0.1) is 13.8 Å². The molecule has 0 saturated carbocycles. The van der Waals surface area contributed by atoms with E-state index in [9.17, 15) is 9.59 Å². The van der Waals surface area contributed by atoms with Crippen LogP contribution >= 0.6 is 11.6 Å². The first kappa shape index (κ1) is 25.2. The molecule has 178 valence electrons.